The molecule has 0 bridgehead atoms. The molecule has 2 aromatic rings. The highest BCUT2D eigenvalue weighted by molar-refractivity contribution is 5.73. The van der Waals surface area contributed by atoms with Crippen molar-refractivity contribution >= 4 is 11.1 Å². The number of piperidine rings is 1. The number of piperazine rings is 1. The summed E-state index contributed by atoms with van der Waals surface area (Å²) in [5.41, 5.74) is 3.26. The Bertz CT molecular complexity index is 627. The van der Waals surface area contributed by atoms with E-state index in [2.05, 4.69) is 33.7 Å². The molecule has 2 saturated heterocycles. The Hall–Kier alpha value is -1.43. The van der Waals surface area contributed by atoms with Gasteiger partial charge in [0, 0.05) is 45.2 Å². The van der Waals surface area contributed by atoms with Crippen LogP contribution in [0.3, 0.4) is 0 Å². The van der Waals surface area contributed by atoms with Crippen molar-refractivity contribution in [3.05, 3.63) is 29.7 Å². The second kappa shape index (κ2) is 6.36. The Labute approximate surface area is 131 Å². The van der Waals surface area contributed by atoms with E-state index in [1.165, 1.54) is 18.4 Å². The lowest BCUT2D eigenvalue weighted by molar-refractivity contribution is 0.233. The van der Waals surface area contributed by atoms with Crippen molar-refractivity contribution in [1.29, 1.82) is 0 Å². The molecule has 1 unspecified atom stereocenters. The number of oxazole rings is 1. The number of nitrogens with one attached hydrogen (secondary N) is 2. The highest BCUT2D eigenvalue weighted by atomic mass is 16.3. The molecule has 22 heavy (non-hydrogen) atoms. The normalized spacial score (nSPS) is 23.9. The molecular weight excluding hydrogens is 276 g/mol. The third kappa shape index (κ3) is 3.02. The van der Waals surface area contributed by atoms with Crippen LogP contribution in [0.2, 0.25) is 0 Å². The highest BCUT2D eigenvalue weighted by Crippen LogP contribution is 2.27. The predicted molar refractivity (Wildman–Crippen MR) is 87.0 cm³/mol. The standard InChI is InChI=1S/C17H24N4O/c1-2-14(11-19-5-1)17-20-15-10-13(3-4-16(15)22-17)12-21-8-6-18-7-9-21/h3-4,10,14,18-19H,1-2,5-9,11-12H2. The number of hydrogen-bond acceptors (Lipinski definition) is 5. The average molecular weight is 300 g/mol. The first-order valence-electron chi connectivity index (χ1n) is 8.42. The molecule has 118 valence electrons. The van der Waals surface area contributed by atoms with Gasteiger partial charge >= 0.3 is 0 Å². The number of rotatable bonds is 3. The summed E-state index contributed by atoms with van der Waals surface area (Å²) in [6.07, 6.45) is 2.38. The maximum Gasteiger partial charge on any atom is 0.199 e. The summed E-state index contributed by atoms with van der Waals surface area (Å²) in [5, 5.41) is 6.83. The first-order valence-corrected chi connectivity index (χ1v) is 8.42. The van der Waals surface area contributed by atoms with Crippen LogP contribution in [0.1, 0.15) is 30.2 Å². The zero-order chi connectivity index (χ0) is 14.8. The minimum absolute atomic E-state index is 0.428. The van der Waals surface area contributed by atoms with Crippen LogP contribution in [0.15, 0.2) is 22.6 Å². The quantitative estimate of drug-likeness (QED) is 0.903. The van der Waals surface area contributed by atoms with Crippen molar-refractivity contribution in [2.75, 3.05) is 39.3 Å². The summed E-state index contributed by atoms with van der Waals surface area (Å²) in [7, 11) is 0. The Morgan fingerprint density at radius 1 is 1.18 bits per heavy atom. The maximum absolute atomic E-state index is 5.98. The molecule has 0 spiro atoms. The van der Waals surface area contributed by atoms with E-state index in [0.717, 1.165) is 62.8 Å². The molecule has 0 aliphatic carbocycles. The Morgan fingerprint density at radius 3 is 2.91 bits per heavy atom. The Balaban J connectivity index is 1.52. The fourth-order valence-corrected chi connectivity index (χ4v) is 3.45. The van der Waals surface area contributed by atoms with Crippen molar-refractivity contribution in [2.24, 2.45) is 0 Å². The van der Waals surface area contributed by atoms with Gasteiger partial charge in [0.25, 0.3) is 0 Å². The SMILES string of the molecule is c1cc2oc(C3CCCNC3)nc2cc1CN1CCNCC1. The van der Waals surface area contributed by atoms with E-state index < -0.39 is 0 Å². The van der Waals surface area contributed by atoms with Gasteiger partial charge in [-0.2, -0.15) is 0 Å². The zero-order valence-electron chi connectivity index (χ0n) is 13.0. The van der Waals surface area contributed by atoms with Crippen molar-refractivity contribution in [2.45, 2.75) is 25.3 Å². The van der Waals surface area contributed by atoms with Crippen LogP contribution in [0.25, 0.3) is 11.1 Å². The highest BCUT2D eigenvalue weighted by Gasteiger charge is 2.21. The van der Waals surface area contributed by atoms with E-state index in [4.69, 9.17) is 9.40 Å². The van der Waals surface area contributed by atoms with Gasteiger partial charge in [0.2, 0.25) is 0 Å². The number of fused-ring (bicyclic) bond motifs is 1. The molecule has 2 aliphatic heterocycles. The predicted octanol–water partition coefficient (Wildman–Crippen LogP) is 1.70. The number of nitrogens with zero attached hydrogens (tertiary/aromatic N) is 2. The first kappa shape index (κ1) is 14.2. The zero-order valence-corrected chi connectivity index (χ0v) is 13.0. The van der Waals surface area contributed by atoms with Crippen LogP contribution in [0.4, 0.5) is 0 Å². The monoisotopic (exact) mass is 300 g/mol. The molecule has 1 aromatic carbocycles. The summed E-state index contributed by atoms with van der Waals surface area (Å²) < 4.78 is 5.98. The Kier molecular flexibility index (Phi) is 4.10. The topological polar surface area (TPSA) is 53.3 Å². The molecule has 5 nitrogen and oxygen atoms in total. The lowest BCUT2D eigenvalue weighted by Gasteiger charge is -2.27. The number of aromatic nitrogens is 1. The fourth-order valence-electron chi connectivity index (χ4n) is 3.45. The van der Waals surface area contributed by atoms with Crippen LogP contribution in [0, 0.1) is 0 Å². The largest absolute Gasteiger partial charge is 0.440 e. The van der Waals surface area contributed by atoms with Gasteiger partial charge in [-0.25, -0.2) is 4.98 Å². The second-order valence-electron chi connectivity index (χ2n) is 6.42. The molecule has 1 atom stereocenters. The second-order valence-corrected chi connectivity index (χ2v) is 6.42. The lowest BCUT2D eigenvalue weighted by Crippen LogP contribution is -2.42. The molecule has 2 fully saturated rings. The third-order valence-electron chi connectivity index (χ3n) is 4.73. The molecule has 4 rings (SSSR count). The molecule has 2 N–H and O–H groups in total. The summed E-state index contributed by atoms with van der Waals surface area (Å²) in [4.78, 5) is 7.24. The fraction of sp³-hybridized carbons (Fsp3) is 0.588. The van der Waals surface area contributed by atoms with Crippen LogP contribution in [-0.4, -0.2) is 49.2 Å². The van der Waals surface area contributed by atoms with Gasteiger partial charge in [0.1, 0.15) is 5.52 Å². The van der Waals surface area contributed by atoms with Gasteiger partial charge in [-0.05, 0) is 37.1 Å². The minimum Gasteiger partial charge on any atom is -0.440 e. The van der Waals surface area contributed by atoms with Gasteiger partial charge < -0.3 is 15.1 Å². The molecule has 0 radical (unpaired) electrons. The van der Waals surface area contributed by atoms with Crippen LogP contribution in [-0.2, 0) is 6.54 Å². The summed E-state index contributed by atoms with van der Waals surface area (Å²) >= 11 is 0. The van der Waals surface area contributed by atoms with Gasteiger partial charge in [-0.1, -0.05) is 6.07 Å². The summed E-state index contributed by atoms with van der Waals surface area (Å²) in [5.74, 6) is 1.33. The van der Waals surface area contributed by atoms with Crippen molar-refractivity contribution in [3.8, 4) is 0 Å². The molecule has 0 amide bonds. The van der Waals surface area contributed by atoms with Crippen molar-refractivity contribution < 1.29 is 4.42 Å². The van der Waals surface area contributed by atoms with Crippen LogP contribution >= 0.6 is 0 Å². The molecular formula is C17H24N4O. The number of hydrogen-bond donors (Lipinski definition) is 2. The molecule has 1 aromatic heterocycles. The number of benzene rings is 1. The van der Waals surface area contributed by atoms with Gasteiger partial charge in [-0.15, -0.1) is 0 Å². The smallest absolute Gasteiger partial charge is 0.199 e. The third-order valence-corrected chi connectivity index (χ3v) is 4.73. The van der Waals surface area contributed by atoms with Gasteiger partial charge in [0.05, 0.1) is 0 Å². The summed E-state index contributed by atoms with van der Waals surface area (Å²) in [6.45, 7) is 7.53. The average Bonchev–Trinajstić information content (AvgIpc) is 3.00. The van der Waals surface area contributed by atoms with Crippen molar-refractivity contribution in [3.63, 3.8) is 0 Å². The lowest BCUT2D eigenvalue weighted by atomic mass is 10.00. The van der Waals surface area contributed by atoms with E-state index in [0.29, 0.717) is 5.92 Å². The Morgan fingerprint density at radius 2 is 2.09 bits per heavy atom. The van der Waals surface area contributed by atoms with Crippen LogP contribution < -0.4 is 10.6 Å². The van der Waals surface area contributed by atoms with Gasteiger partial charge in [0.15, 0.2) is 11.5 Å². The first-order chi connectivity index (χ1) is 10.9. The summed E-state index contributed by atoms with van der Waals surface area (Å²) in [6, 6.07) is 6.46. The maximum atomic E-state index is 5.98. The minimum atomic E-state index is 0.428. The van der Waals surface area contributed by atoms with E-state index >= 15 is 0 Å². The van der Waals surface area contributed by atoms with E-state index in [1.807, 2.05) is 0 Å². The molecule has 5 heteroatoms. The van der Waals surface area contributed by atoms with E-state index in [1.54, 1.807) is 0 Å². The van der Waals surface area contributed by atoms with Crippen molar-refractivity contribution in [1.82, 2.24) is 20.5 Å². The van der Waals surface area contributed by atoms with Crippen LogP contribution in [0.5, 0.6) is 0 Å². The van der Waals surface area contributed by atoms with E-state index in [-0.39, 0.29) is 0 Å². The van der Waals surface area contributed by atoms with Gasteiger partial charge in [-0.3, -0.25) is 4.90 Å². The van der Waals surface area contributed by atoms with E-state index in [9.17, 15) is 0 Å². The molecule has 2 aliphatic rings. The molecule has 3 heterocycles. The molecule has 0 saturated carbocycles.